The quantitative estimate of drug-likeness (QED) is 0.922. The summed E-state index contributed by atoms with van der Waals surface area (Å²) in [6.45, 7) is 4.63. The molecule has 1 aromatic heterocycles. The minimum absolute atomic E-state index is 0.114. The number of benzene rings is 1. The highest BCUT2D eigenvalue weighted by molar-refractivity contribution is 6.33. The van der Waals surface area contributed by atoms with E-state index < -0.39 is 0 Å². The van der Waals surface area contributed by atoms with Gasteiger partial charge in [-0.2, -0.15) is 0 Å². The van der Waals surface area contributed by atoms with Gasteiger partial charge in [0.25, 0.3) is 0 Å². The number of anilines is 1. The van der Waals surface area contributed by atoms with E-state index in [1.165, 1.54) is 0 Å². The third kappa shape index (κ3) is 4.06. The number of nitrogens with one attached hydrogen (secondary N) is 1. The van der Waals surface area contributed by atoms with Crippen molar-refractivity contribution >= 4 is 23.2 Å². The predicted molar refractivity (Wildman–Crippen MR) is 82.4 cm³/mol. The SMILES string of the molecule is Cc1noc(C)c1CN(C)CC(=O)Nc1ccccc1Cl. The van der Waals surface area contributed by atoms with Crippen molar-refractivity contribution in [1.82, 2.24) is 10.1 Å². The molecule has 5 nitrogen and oxygen atoms in total. The summed E-state index contributed by atoms with van der Waals surface area (Å²) in [7, 11) is 1.87. The fraction of sp³-hybridized carbons (Fsp3) is 0.333. The van der Waals surface area contributed by atoms with Crippen LogP contribution in [0.3, 0.4) is 0 Å². The second-order valence-electron chi connectivity index (χ2n) is 5.00. The van der Waals surface area contributed by atoms with Crippen molar-refractivity contribution in [3.63, 3.8) is 0 Å². The molecule has 112 valence electrons. The number of rotatable bonds is 5. The van der Waals surface area contributed by atoms with Crippen molar-refractivity contribution in [3.8, 4) is 0 Å². The third-order valence-electron chi connectivity index (χ3n) is 3.17. The standard InChI is InChI=1S/C15H18ClN3O2/c1-10-12(11(2)21-18-10)8-19(3)9-15(20)17-14-7-5-4-6-13(14)16/h4-7H,8-9H2,1-3H3,(H,17,20). The number of para-hydroxylation sites is 1. The molecule has 0 saturated heterocycles. The molecule has 0 atom stereocenters. The molecule has 0 aliphatic rings. The van der Waals surface area contributed by atoms with Gasteiger partial charge in [0.1, 0.15) is 5.76 Å². The second kappa shape index (κ2) is 6.74. The monoisotopic (exact) mass is 307 g/mol. The van der Waals surface area contributed by atoms with E-state index in [-0.39, 0.29) is 12.5 Å². The zero-order valence-corrected chi connectivity index (χ0v) is 13.1. The van der Waals surface area contributed by atoms with Crippen molar-refractivity contribution in [2.24, 2.45) is 0 Å². The molecule has 1 aromatic carbocycles. The smallest absolute Gasteiger partial charge is 0.238 e. The first-order valence-corrected chi connectivity index (χ1v) is 7.00. The Hall–Kier alpha value is -1.85. The van der Waals surface area contributed by atoms with Gasteiger partial charge in [0.15, 0.2) is 0 Å². The molecule has 0 aliphatic heterocycles. The van der Waals surface area contributed by atoms with Crippen molar-refractivity contribution in [2.75, 3.05) is 18.9 Å². The van der Waals surface area contributed by atoms with Gasteiger partial charge in [0.05, 0.1) is 22.9 Å². The Balaban J connectivity index is 1.92. The number of halogens is 1. The Morgan fingerprint density at radius 2 is 2.10 bits per heavy atom. The molecule has 0 saturated carbocycles. The number of hydrogen-bond donors (Lipinski definition) is 1. The van der Waals surface area contributed by atoms with Crippen LogP contribution >= 0.6 is 11.6 Å². The largest absolute Gasteiger partial charge is 0.361 e. The summed E-state index contributed by atoms with van der Waals surface area (Å²) in [5.41, 5.74) is 2.49. The first kappa shape index (κ1) is 15.5. The zero-order valence-electron chi connectivity index (χ0n) is 12.3. The highest BCUT2D eigenvalue weighted by Gasteiger charge is 2.14. The molecule has 0 aliphatic carbocycles. The molecule has 2 rings (SSSR count). The van der Waals surface area contributed by atoms with Gasteiger partial charge < -0.3 is 9.84 Å². The fourth-order valence-corrected chi connectivity index (χ4v) is 2.23. The van der Waals surface area contributed by atoms with Crippen molar-refractivity contribution in [3.05, 3.63) is 46.3 Å². The lowest BCUT2D eigenvalue weighted by molar-refractivity contribution is -0.117. The van der Waals surface area contributed by atoms with Crippen LogP contribution in [-0.4, -0.2) is 29.6 Å². The van der Waals surface area contributed by atoms with E-state index in [0.717, 1.165) is 17.0 Å². The van der Waals surface area contributed by atoms with Crippen molar-refractivity contribution < 1.29 is 9.32 Å². The van der Waals surface area contributed by atoms with Crippen LogP contribution in [0.4, 0.5) is 5.69 Å². The summed E-state index contributed by atoms with van der Waals surface area (Å²) in [4.78, 5) is 13.9. The van der Waals surface area contributed by atoms with E-state index in [9.17, 15) is 4.79 Å². The first-order chi connectivity index (χ1) is 9.97. The van der Waals surface area contributed by atoms with Gasteiger partial charge in [-0.1, -0.05) is 28.9 Å². The Morgan fingerprint density at radius 1 is 1.38 bits per heavy atom. The summed E-state index contributed by atoms with van der Waals surface area (Å²) in [5.74, 6) is 0.670. The summed E-state index contributed by atoms with van der Waals surface area (Å²) in [6, 6.07) is 7.16. The molecule has 2 aromatic rings. The molecule has 6 heteroatoms. The number of likely N-dealkylation sites (N-methyl/N-ethyl adjacent to an activating group) is 1. The highest BCUT2D eigenvalue weighted by atomic mass is 35.5. The van der Waals surface area contributed by atoms with Gasteiger partial charge in [-0.05, 0) is 33.0 Å². The molecule has 0 spiro atoms. The molecule has 0 unspecified atom stereocenters. The summed E-state index contributed by atoms with van der Waals surface area (Å²) in [6.07, 6.45) is 0. The summed E-state index contributed by atoms with van der Waals surface area (Å²) < 4.78 is 5.12. The molecule has 1 heterocycles. The summed E-state index contributed by atoms with van der Waals surface area (Å²) in [5, 5.41) is 7.23. The van der Waals surface area contributed by atoms with Crippen LogP contribution in [0, 0.1) is 13.8 Å². The number of aromatic nitrogens is 1. The van der Waals surface area contributed by atoms with Crippen LogP contribution in [0.25, 0.3) is 0 Å². The Kier molecular flexibility index (Phi) is 4.98. The van der Waals surface area contributed by atoms with E-state index in [2.05, 4.69) is 10.5 Å². The van der Waals surface area contributed by atoms with Gasteiger partial charge in [-0.15, -0.1) is 0 Å². The second-order valence-corrected chi connectivity index (χ2v) is 5.41. The highest BCUT2D eigenvalue weighted by Crippen LogP contribution is 2.20. The van der Waals surface area contributed by atoms with Crippen LogP contribution in [-0.2, 0) is 11.3 Å². The molecular weight excluding hydrogens is 290 g/mol. The van der Waals surface area contributed by atoms with Gasteiger partial charge in [-0.25, -0.2) is 0 Å². The molecular formula is C15H18ClN3O2. The van der Waals surface area contributed by atoms with Crippen molar-refractivity contribution in [2.45, 2.75) is 20.4 Å². The minimum Gasteiger partial charge on any atom is -0.361 e. The average molecular weight is 308 g/mol. The molecule has 21 heavy (non-hydrogen) atoms. The minimum atomic E-state index is -0.114. The van der Waals surface area contributed by atoms with Gasteiger partial charge in [-0.3, -0.25) is 9.69 Å². The number of carbonyl (C=O) groups excluding carboxylic acids is 1. The van der Waals surface area contributed by atoms with Crippen LogP contribution in [0.5, 0.6) is 0 Å². The van der Waals surface area contributed by atoms with E-state index in [4.69, 9.17) is 16.1 Å². The average Bonchev–Trinajstić information content (AvgIpc) is 2.73. The number of hydrogen-bond acceptors (Lipinski definition) is 4. The molecule has 0 bridgehead atoms. The van der Waals surface area contributed by atoms with Crippen LogP contribution in [0.15, 0.2) is 28.8 Å². The normalized spacial score (nSPS) is 10.9. The lowest BCUT2D eigenvalue weighted by Crippen LogP contribution is -2.30. The third-order valence-corrected chi connectivity index (χ3v) is 3.50. The van der Waals surface area contributed by atoms with E-state index in [0.29, 0.717) is 17.3 Å². The maximum absolute atomic E-state index is 12.0. The zero-order chi connectivity index (χ0) is 15.4. The van der Waals surface area contributed by atoms with Crippen molar-refractivity contribution in [1.29, 1.82) is 0 Å². The molecule has 0 radical (unpaired) electrons. The van der Waals surface area contributed by atoms with E-state index in [1.807, 2.05) is 37.9 Å². The van der Waals surface area contributed by atoms with Gasteiger partial charge >= 0.3 is 0 Å². The van der Waals surface area contributed by atoms with E-state index >= 15 is 0 Å². The molecule has 1 N–H and O–H groups in total. The number of amides is 1. The van der Waals surface area contributed by atoms with Crippen LogP contribution < -0.4 is 5.32 Å². The van der Waals surface area contributed by atoms with Gasteiger partial charge in [0.2, 0.25) is 5.91 Å². The molecule has 0 fully saturated rings. The Bertz CT molecular complexity index is 620. The van der Waals surface area contributed by atoms with Crippen LogP contribution in [0.2, 0.25) is 5.02 Å². The summed E-state index contributed by atoms with van der Waals surface area (Å²) >= 11 is 6.01. The maximum atomic E-state index is 12.0. The number of carbonyl (C=O) groups is 1. The predicted octanol–water partition coefficient (Wildman–Crippen LogP) is 3.02. The lowest BCUT2D eigenvalue weighted by atomic mass is 10.2. The maximum Gasteiger partial charge on any atom is 0.238 e. The first-order valence-electron chi connectivity index (χ1n) is 6.62. The van der Waals surface area contributed by atoms with Gasteiger partial charge in [0, 0.05) is 12.1 Å². The lowest BCUT2D eigenvalue weighted by Gasteiger charge is -2.16. The Morgan fingerprint density at radius 3 is 2.71 bits per heavy atom. The van der Waals surface area contributed by atoms with E-state index in [1.54, 1.807) is 12.1 Å². The van der Waals surface area contributed by atoms with Crippen LogP contribution in [0.1, 0.15) is 17.0 Å². The number of nitrogens with zero attached hydrogens (tertiary/aromatic N) is 2. The topological polar surface area (TPSA) is 58.4 Å². The molecule has 1 amide bonds. The number of aryl methyl sites for hydroxylation is 2. The fourth-order valence-electron chi connectivity index (χ4n) is 2.05. The Labute approximate surface area is 128 Å².